The Hall–Kier alpha value is -0.650. The maximum Gasteiger partial charge on any atom is 0.304 e. The zero-order chi connectivity index (χ0) is 15.2. The van der Waals surface area contributed by atoms with Crippen LogP contribution in [0.5, 0.6) is 0 Å². The van der Waals surface area contributed by atoms with E-state index in [9.17, 15) is 4.79 Å². The molecule has 21 heavy (non-hydrogen) atoms. The second-order valence-corrected chi connectivity index (χ2v) is 6.73. The van der Waals surface area contributed by atoms with E-state index in [0.717, 1.165) is 32.1 Å². The summed E-state index contributed by atoms with van der Waals surface area (Å²) in [6, 6.07) is 0. The Balaban J connectivity index is 1.61. The van der Waals surface area contributed by atoms with Crippen molar-refractivity contribution < 1.29 is 14.6 Å². The summed E-state index contributed by atoms with van der Waals surface area (Å²) in [5.41, 5.74) is 0. The third kappa shape index (κ3) is 5.93. The highest BCUT2D eigenvalue weighted by Gasteiger charge is 2.24. The number of likely N-dealkylation sites (tertiary alicyclic amines) is 1. The minimum absolute atomic E-state index is 0.272. The summed E-state index contributed by atoms with van der Waals surface area (Å²) in [4.78, 5) is 15.4. The normalized spacial score (nSPS) is 29.6. The van der Waals surface area contributed by atoms with Crippen LogP contribution in [-0.4, -0.2) is 72.4 Å². The molecule has 0 aromatic carbocycles. The molecule has 5 heteroatoms. The molecule has 0 amide bonds. The average Bonchev–Trinajstić information content (AvgIpc) is 2.43. The smallest absolute Gasteiger partial charge is 0.304 e. The standard InChI is InChI=1S/C16H30N2O3/c1-13-11-18(12-14(2)21-13)9-5-15-3-7-17(8-4-15)10-6-16(19)20/h13-15H,3-12H2,1-2H3,(H,19,20). The van der Waals surface area contributed by atoms with Gasteiger partial charge in [0, 0.05) is 19.6 Å². The fraction of sp³-hybridized carbons (Fsp3) is 0.938. The van der Waals surface area contributed by atoms with E-state index in [4.69, 9.17) is 9.84 Å². The van der Waals surface area contributed by atoms with Crippen LogP contribution in [-0.2, 0) is 9.53 Å². The lowest BCUT2D eigenvalue weighted by atomic mass is 9.93. The lowest BCUT2D eigenvalue weighted by molar-refractivity contribution is -0.137. The second-order valence-electron chi connectivity index (χ2n) is 6.73. The average molecular weight is 298 g/mol. The Morgan fingerprint density at radius 2 is 1.71 bits per heavy atom. The third-order valence-corrected chi connectivity index (χ3v) is 4.70. The number of aliphatic carboxylic acids is 1. The zero-order valence-electron chi connectivity index (χ0n) is 13.5. The highest BCUT2D eigenvalue weighted by atomic mass is 16.5. The Morgan fingerprint density at radius 3 is 2.29 bits per heavy atom. The number of carboxylic acid groups (broad SMARTS) is 1. The van der Waals surface area contributed by atoms with Crippen molar-refractivity contribution in [2.45, 2.75) is 51.7 Å². The molecule has 0 aliphatic carbocycles. The van der Waals surface area contributed by atoms with Gasteiger partial charge >= 0.3 is 5.97 Å². The van der Waals surface area contributed by atoms with E-state index in [1.807, 2.05) is 0 Å². The summed E-state index contributed by atoms with van der Waals surface area (Å²) in [6.45, 7) is 10.4. The van der Waals surface area contributed by atoms with Crippen LogP contribution in [0, 0.1) is 5.92 Å². The number of hydrogen-bond acceptors (Lipinski definition) is 4. The molecule has 0 radical (unpaired) electrons. The van der Waals surface area contributed by atoms with Crippen LogP contribution < -0.4 is 0 Å². The van der Waals surface area contributed by atoms with Crippen molar-refractivity contribution >= 4 is 5.97 Å². The quantitative estimate of drug-likeness (QED) is 0.808. The van der Waals surface area contributed by atoms with Crippen LogP contribution in [0.25, 0.3) is 0 Å². The van der Waals surface area contributed by atoms with Gasteiger partial charge in [0.1, 0.15) is 0 Å². The summed E-state index contributed by atoms with van der Waals surface area (Å²) in [5, 5.41) is 8.72. The fourth-order valence-electron chi connectivity index (χ4n) is 3.58. The molecule has 2 fully saturated rings. The lowest BCUT2D eigenvalue weighted by Gasteiger charge is -2.37. The van der Waals surface area contributed by atoms with Crippen molar-refractivity contribution in [2.75, 3.05) is 39.3 Å². The maximum absolute atomic E-state index is 10.6. The zero-order valence-corrected chi connectivity index (χ0v) is 13.5. The monoisotopic (exact) mass is 298 g/mol. The maximum atomic E-state index is 10.6. The Kier molecular flexibility index (Phi) is 6.45. The van der Waals surface area contributed by atoms with E-state index in [2.05, 4.69) is 23.6 Å². The lowest BCUT2D eigenvalue weighted by Crippen LogP contribution is -2.46. The highest BCUT2D eigenvalue weighted by Crippen LogP contribution is 2.22. The van der Waals surface area contributed by atoms with Gasteiger partial charge in [-0.3, -0.25) is 9.69 Å². The van der Waals surface area contributed by atoms with Crippen LogP contribution in [0.4, 0.5) is 0 Å². The minimum atomic E-state index is -0.687. The van der Waals surface area contributed by atoms with Crippen molar-refractivity contribution in [1.82, 2.24) is 9.80 Å². The van der Waals surface area contributed by atoms with E-state index in [-0.39, 0.29) is 6.42 Å². The van der Waals surface area contributed by atoms with Gasteiger partial charge in [-0.25, -0.2) is 0 Å². The molecule has 2 atom stereocenters. The molecule has 2 rings (SSSR count). The van der Waals surface area contributed by atoms with Crippen molar-refractivity contribution in [1.29, 1.82) is 0 Å². The van der Waals surface area contributed by atoms with Gasteiger partial charge in [-0.1, -0.05) is 0 Å². The number of hydrogen-bond donors (Lipinski definition) is 1. The molecule has 0 aromatic rings. The Bertz CT molecular complexity index is 319. The van der Waals surface area contributed by atoms with Crippen LogP contribution in [0.15, 0.2) is 0 Å². The summed E-state index contributed by atoms with van der Waals surface area (Å²) in [6.07, 6.45) is 4.68. The summed E-state index contributed by atoms with van der Waals surface area (Å²) in [5.74, 6) is 0.118. The number of carbonyl (C=O) groups is 1. The number of nitrogens with zero attached hydrogens (tertiary/aromatic N) is 2. The predicted molar refractivity (Wildman–Crippen MR) is 82.5 cm³/mol. The van der Waals surface area contributed by atoms with Gasteiger partial charge in [-0.2, -0.15) is 0 Å². The summed E-state index contributed by atoms with van der Waals surface area (Å²) >= 11 is 0. The first-order chi connectivity index (χ1) is 10.0. The molecule has 2 aliphatic rings. The van der Waals surface area contributed by atoms with Crippen LogP contribution in [0.3, 0.4) is 0 Å². The molecule has 2 aliphatic heterocycles. The molecular formula is C16H30N2O3. The second kappa shape index (κ2) is 8.11. The first-order valence-electron chi connectivity index (χ1n) is 8.35. The van der Waals surface area contributed by atoms with Crippen LogP contribution in [0.1, 0.15) is 39.5 Å². The number of morpholine rings is 1. The van der Waals surface area contributed by atoms with E-state index in [1.165, 1.54) is 25.8 Å². The van der Waals surface area contributed by atoms with Gasteiger partial charge in [0.15, 0.2) is 0 Å². The van der Waals surface area contributed by atoms with Crippen molar-refractivity contribution in [3.8, 4) is 0 Å². The minimum Gasteiger partial charge on any atom is -0.481 e. The summed E-state index contributed by atoms with van der Waals surface area (Å²) in [7, 11) is 0. The number of piperidine rings is 1. The van der Waals surface area contributed by atoms with Gasteiger partial charge in [-0.05, 0) is 58.7 Å². The molecule has 0 aromatic heterocycles. The van der Waals surface area contributed by atoms with Crippen LogP contribution in [0.2, 0.25) is 0 Å². The predicted octanol–water partition coefficient (Wildman–Crippen LogP) is 1.67. The largest absolute Gasteiger partial charge is 0.481 e. The molecule has 2 unspecified atom stereocenters. The molecule has 5 nitrogen and oxygen atoms in total. The molecule has 2 heterocycles. The highest BCUT2D eigenvalue weighted by molar-refractivity contribution is 5.66. The Morgan fingerprint density at radius 1 is 1.10 bits per heavy atom. The Labute approximate surface area is 128 Å². The molecule has 1 N–H and O–H groups in total. The summed E-state index contributed by atoms with van der Waals surface area (Å²) < 4.78 is 5.77. The topological polar surface area (TPSA) is 53.0 Å². The van der Waals surface area contributed by atoms with Gasteiger partial charge in [-0.15, -0.1) is 0 Å². The fourth-order valence-corrected chi connectivity index (χ4v) is 3.58. The van der Waals surface area contributed by atoms with E-state index in [0.29, 0.717) is 18.8 Å². The molecule has 122 valence electrons. The van der Waals surface area contributed by atoms with E-state index in [1.54, 1.807) is 0 Å². The van der Waals surface area contributed by atoms with Gasteiger partial charge < -0.3 is 14.7 Å². The number of carboxylic acids is 1. The molecular weight excluding hydrogens is 268 g/mol. The first-order valence-corrected chi connectivity index (χ1v) is 8.35. The number of ether oxygens (including phenoxy) is 1. The van der Waals surface area contributed by atoms with Gasteiger partial charge in [0.25, 0.3) is 0 Å². The molecule has 2 saturated heterocycles. The van der Waals surface area contributed by atoms with E-state index >= 15 is 0 Å². The third-order valence-electron chi connectivity index (χ3n) is 4.70. The van der Waals surface area contributed by atoms with Crippen molar-refractivity contribution in [3.05, 3.63) is 0 Å². The van der Waals surface area contributed by atoms with E-state index < -0.39 is 5.97 Å². The molecule has 0 bridgehead atoms. The molecule has 0 spiro atoms. The van der Waals surface area contributed by atoms with Crippen molar-refractivity contribution in [3.63, 3.8) is 0 Å². The van der Waals surface area contributed by atoms with Crippen molar-refractivity contribution in [2.24, 2.45) is 5.92 Å². The SMILES string of the molecule is CC1CN(CCC2CCN(CCC(=O)O)CC2)CC(C)O1. The van der Waals surface area contributed by atoms with Crippen LogP contribution >= 0.6 is 0 Å². The van der Waals surface area contributed by atoms with Gasteiger partial charge in [0.05, 0.1) is 18.6 Å². The number of rotatable bonds is 6. The first kappa shape index (κ1) is 16.7. The molecule has 0 saturated carbocycles. The van der Waals surface area contributed by atoms with Gasteiger partial charge in [0.2, 0.25) is 0 Å².